The Hall–Kier alpha value is -3.60. The topological polar surface area (TPSA) is 97.4 Å². The van der Waals surface area contributed by atoms with Crippen molar-refractivity contribution in [2.75, 3.05) is 11.8 Å². The highest BCUT2D eigenvalue weighted by Gasteiger charge is 2.30. The van der Waals surface area contributed by atoms with E-state index in [4.69, 9.17) is 4.74 Å². The maximum absolute atomic E-state index is 12.7. The van der Waals surface area contributed by atoms with Gasteiger partial charge in [-0.1, -0.05) is 30.3 Å². The van der Waals surface area contributed by atoms with Crippen molar-refractivity contribution in [2.24, 2.45) is 0 Å². The molecule has 0 atom stereocenters. The van der Waals surface area contributed by atoms with Crippen LogP contribution in [0.3, 0.4) is 0 Å². The summed E-state index contributed by atoms with van der Waals surface area (Å²) in [7, 11) is -2.53. The third kappa shape index (κ3) is 6.45. The van der Waals surface area contributed by atoms with E-state index in [2.05, 4.69) is 15.0 Å². The minimum absolute atomic E-state index is 0.0246. The number of benzene rings is 2. The van der Waals surface area contributed by atoms with E-state index in [1.54, 1.807) is 12.1 Å². The lowest BCUT2D eigenvalue weighted by Gasteiger charge is -2.13. The van der Waals surface area contributed by atoms with Crippen LogP contribution in [0, 0.1) is 0 Å². The number of amides is 1. The fourth-order valence-corrected chi connectivity index (χ4v) is 4.22. The minimum Gasteiger partial charge on any atom is -0.494 e. The van der Waals surface area contributed by atoms with E-state index in [0.29, 0.717) is 5.56 Å². The monoisotopic (exact) mass is 479 g/mol. The SMILES string of the molecule is COc1ccncc1NS(=O)(=O)Cc1ccccc1C(=O)NCc1ccc(C(F)(F)F)cc1. The number of sulfonamides is 1. The first-order valence-electron chi connectivity index (χ1n) is 9.60. The Morgan fingerprint density at radius 1 is 1.06 bits per heavy atom. The molecule has 0 saturated heterocycles. The van der Waals surface area contributed by atoms with Gasteiger partial charge < -0.3 is 10.1 Å². The second kappa shape index (κ2) is 9.90. The Morgan fingerprint density at radius 2 is 1.76 bits per heavy atom. The van der Waals surface area contributed by atoms with Gasteiger partial charge in [0.1, 0.15) is 11.4 Å². The zero-order valence-corrected chi connectivity index (χ0v) is 18.2. The first kappa shape index (κ1) is 24.1. The van der Waals surface area contributed by atoms with Crippen molar-refractivity contribution in [1.82, 2.24) is 10.3 Å². The van der Waals surface area contributed by atoms with E-state index in [1.165, 1.54) is 49.8 Å². The molecule has 1 aromatic heterocycles. The quantitative estimate of drug-likeness (QED) is 0.509. The molecule has 0 bridgehead atoms. The summed E-state index contributed by atoms with van der Waals surface area (Å²) in [6, 6.07) is 12.1. The fraction of sp³-hybridized carbons (Fsp3) is 0.182. The molecular formula is C22H20F3N3O4S. The van der Waals surface area contributed by atoms with Gasteiger partial charge in [0.15, 0.2) is 0 Å². The van der Waals surface area contributed by atoms with Crippen molar-refractivity contribution >= 4 is 21.6 Å². The van der Waals surface area contributed by atoms with Gasteiger partial charge in [0.25, 0.3) is 5.91 Å². The Balaban J connectivity index is 1.71. The lowest BCUT2D eigenvalue weighted by molar-refractivity contribution is -0.137. The molecule has 0 saturated carbocycles. The third-order valence-electron chi connectivity index (χ3n) is 4.61. The second-order valence-corrected chi connectivity index (χ2v) is 8.69. The molecule has 0 unspecified atom stereocenters. The van der Waals surface area contributed by atoms with Gasteiger partial charge in [-0.25, -0.2) is 8.42 Å². The highest BCUT2D eigenvalue weighted by Crippen LogP contribution is 2.29. The predicted octanol–water partition coefficient (Wildman–Crippen LogP) is 3.98. The molecule has 33 heavy (non-hydrogen) atoms. The Kier molecular flexibility index (Phi) is 7.22. The first-order valence-corrected chi connectivity index (χ1v) is 11.2. The van der Waals surface area contributed by atoms with Gasteiger partial charge >= 0.3 is 6.18 Å². The van der Waals surface area contributed by atoms with Crippen molar-refractivity contribution in [3.8, 4) is 5.75 Å². The van der Waals surface area contributed by atoms with Gasteiger partial charge in [-0.05, 0) is 29.3 Å². The highest BCUT2D eigenvalue weighted by atomic mass is 32.2. The van der Waals surface area contributed by atoms with E-state index >= 15 is 0 Å². The molecule has 0 fully saturated rings. The van der Waals surface area contributed by atoms with Crippen LogP contribution in [0.5, 0.6) is 5.75 Å². The average Bonchev–Trinajstić information content (AvgIpc) is 2.77. The standard InChI is InChI=1S/C22H20F3N3O4S/c1-32-20-10-11-26-13-19(20)28-33(30,31)14-16-4-2-3-5-18(16)21(29)27-12-15-6-8-17(9-7-15)22(23,24)25/h2-11,13,28H,12,14H2,1H3,(H,27,29). The first-order chi connectivity index (χ1) is 15.6. The number of carbonyl (C=O) groups excluding carboxylic acids is 1. The van der Waals surface area contributed by atoms with Crippen molar-refractivity contribution in [3.05, 3.63) is 89.2 Å². The van der Waals surface area contributed by atoms with Gasteiger partial charge in [0.2, 0.25) is 10.0 Å². The molecule has 2 aromatic carbocycles. The molecule has 1 heterocycles. The van der Waals surface area contributed by atoms with Crippen molar-refractivity contribution in [1.29, 1.82) is 0 Å². The van der Waals surface area contributed by atoms with Crippen LogP contribution in [0.2, 0.25) is 0 Å². The minimum atomic E-state index is -4.44. The van der Waals surface area contributed by atoms with Crippen LogP contribution in [0.4, 0.5) is 18.9 Å². The van der Waals surface area contributed by atoms with Gasteiger partial charge in [0.05, 0.1) is 24.6 Å². The zero-order chi connectivity index (χ0) is 24.1. The molecule has 0 aliphatic rings. The number of alkyl halides is 3. The van der Waals surface area contributed by atoms with E-state index in [1.807, 2.05) is 0 Å². The van der Waals surface area contributed by atoms with E-state index in [9.17, 15) is 26.4 Å². The summed E-state index contributed by atoms with van der Waals surface area (Å²) in [5, 5.41) is 2.60. The van der Waals surface area contributed by atoms with Crippen LogP contribution < -0.4 is 14.8 Å². The molecule has 0 aliphatic carbocycles. The van der Waals surface area contributed by atoms with Crippen LogP contribution in [-0.2, 0) is 28.5 Å². The number of nitrogens with one attached hydrogen (secondary N) is 2. The van der Waals surface area contributed by atoms with Gasteiger partial charge in [0, 0.05) is 24.4 Å². The maximum Gasteiger partial charge on any atom is 0.416 e. The lowest BCUT2D eigenvalue weighted by Crippen LogP contribution is -2.25. The smallest absolute Gasteiger partial charge is 0.416 e. The summed E-state index contributed by atoms with van der Waals surface area (Å²) in [6.45, 7) is -0.0246. The second-order valence-electron chi connectivity index (χ2n) is 6.97. The summed E-state index contributed by atoms with van der Waals surface area (Å²) in [5.74, 6) is -0.759. The fourth-order valence-electron chi connectivity index (χ4n) is 3.00. The predicted molar refractivity (Wildman–Crippen MR) is 116 cm³/mol. The molecule has 7 nitrogen and oxygen atoms in total. The van der Waals surface area contributed by atoms with Gasteiger partial charge in [-0.2, -0.15) is 13.2 Å². The van der Waals surface area contributed by atoms with Crippen LogP contribution in [0.25, 0.3) is 0 Å². The molecule has 0 radical (unpaired) electrons. The van der Waals surface area contributed by atoms with Crippen LogP contribution >= 0.6 is 0 Å². The molecule has 11 heteroatoms. The molecule has 1 amide bonds. The summed E-state index contributed by atoms with van der Waals surface area (Å²) < 4.78 is 70.9. The number of aromatic nitrogens is 1. The summed E-state index contributed by atoms with van der Waals surface area (Å²) >= 11 is 0. The van der Waals surface area contributed by atoms with Crippen LogP contribution in [0.15, 0.2) is 67.0 Å². The number of pyridine rings is 1. The Bertz CT molecular complexity index is 1230. The molecule has 174 valence electrons. The van der Waals surface area contributed by atoms with Crippen molar-refractivity contribution in [3.63, 3.8) is 0 Å². The highest BCUT2D eigenvalue weighted by molar-refractivity contribution is 7.91. The summed E-state index contributed by atoms with van der Waals surface area (Å²) in [6.07, 6.45) is -1.69. The number of nitrogens with zero attached hydrogens (tertiary/aromatic N) is 1. The lowest BCUT2D eigenvalue weighted by atomic mass is 10.1. The van der Waals surface area contributed by atoms with Gasteiger partial charge in [-0.15, -0.1) is 0 Å². The number of carbonyl (C=O) groups is 1. The maximum atomic E-state index is 12.7. The van der Waals surface area contributed by atoms with E-state index in [-0.39, 0.29) is 29.1 Å². The number of halogens is 3. The third-order valence-corrected chi connectivity index (χ3v) is 5.83. The molecule has 0 spiro atoms. The number of methoxy groups -OCH3 is 1. The molecule has 0 aliphatic heterocycles. The summed E-state index contributed by atoms with van der Waals surface area (Å²) in [4.78, 5) is 16.5. The van der Waals surface area contributed by atoms with Crippen LogP contribution in [-0.4, -0.2) is 26.4 Å². The van der Waals surface area contributed by atoms with E-state index in [0.717, 1.165) is 12.1 Å². The average molecular weight is 479 g/mol. The van der Waals surface area contributed by atoms with Crippen molar-refractivity contribution in [2.45, 2.75) is 18.5 Å². The number of hydrogen-bond acceptors (Lipinski definition) is 5. The molecule has 3 rings (SSSR count). The normalized spacial score (nSPS) is 11.6. The van der Waals surface area contributed by atoms with Crippen molar-refractivity contribution < 1.29 is 31.1 Å². The largest absolute Gasteiger partial charge is 0.494 e. The number of anilines is 1. The number of hydrogen-bond donors (Lipinski definition) is 2. The van der Waals surface area contributed by atoms with Gasteiger partial charge in [-0.3, -0.25) is 14.5 Å². The molecular weight excluding hydrogens is 459 g/mol. The number of ether oxygens (including phenoxy) is 1. The molecule has 2 N–H and O–H groups in total. The Labute approximate surface area is 188 Å². The van der Waals surface area contributed by atoms with Crippen LogP contribution in [0.1, 0.15) is 27.0 Å². The zero-order valence-electron chi connectivity index (χ0n) is 17.4. The number of rotatable bonds is 8. The molecule has 3 aromatic rings. The Morgan fingerprint density at radius 3 is 2.42 bits per heavy atom. The van der Waals surface area contributed by atoms with E-state index < -0.39 is 33.4 Å². The summed E-state index contributed by atoms with van der Waals surface area (Å²) in [5.41, 5.74) is 0.215.